The summed E-state index contributed by atoms with van der Waals surface area (Å²) in [6.45, 7) is 5.79. The molecule has 0 unspecified atom stereocenters. The molecule has 1 fully saturated rings. The maximum Gasteiger partial charge on any atom is 0.248 e. The monoisotopic (exact) mass is 213 g/mol. The molecular weight excluding hydrogens is 190 g/mol. The number of rotatable bonds is 5. The van der Waals surface area contributed by atoms with Gasteiger partial charge in [0.1, 0.15) is 0 Å². The minimum atomic E-state index is -0.0810. The van der Waals surface area contributed by atoms with Crippen LogP contribution in [-0.2, 0) is 4.79 Å². The fourth-order valence-corrected chi connectivity index (χ4v) is 2.31. The SMILES string of the molecule is CC(C)CN(CC(=O)NN)C1CCCC1. The first-order valence-electron chi connectivity index (χ1n) is 5.87. The van der Waals surface area contributed by atoms with E-state index in [1.54, 1.807) is 0 Å². The molecule has 3 N–H and O–H groups in total. The fourth-order valence-electron chi connectivity index (χ4n) is 2.31. The molecule has 0 atom stereocenters. The molecule has 1 rings (SSSR count). The van der Waals surface area contributed by atoms with Crippen molar-refractivity contribution in [3.8, 4) is 0 Å². The third kappa shape index (κ3) is 4.18. The molecule has 15 heavy (non-hydrogen) atoms. The van der Waals surface area contributed by atoms with Crippen molar-refractivity contribution in [2.24, 2.45) is 11.8 Å². The van der Waals surface area contributed by atoms with E-state index in [2.05, 4.69) is 24.2 Å². The van der Waals surface area contributed by atoms with Crippen LogP contribution < -0.4 is 11.3 Å². The Morgan fingerprint density at radius 2 is 2.07 bits per heavy atom. The van der Waals surface area contributed by atoms with Crippen LogP contribution >= 0.6 is 0 Å². The van der Waals surface area contributed by atoms with Gasteiger partial charge in [0, 0.05) is 12.6 Å². The molecule has 1 aliphatic rings. The number of carbonyl (C=O) groups is 1. The van der Waals surface area contributed by atoms with Crippen LogP contribution in [0.3, 0.4) is 0 Å². The van der Waals surface area contributed by atoms with Gasteiger partial charge in [0.05, 0.1) is 6.54 Å². The van der Waals surface area contributed by atoms with Crippen LogP contribution in [0.25, 0.3) is 0 Å². The molecule has 0 bridgehead atoms. The maximum atomic E-state index is 11.3. The van der Waals surface area contributed by atoms with E-state index >= 15 is 0 Å². The second-order valence-electron chi connectivity index (χ2n) is 4.83. The normalized spacial score (nSPS) is 17.7. The van der Waals surface area contributed by atoms with Crippen LogP contribution in [0.4, 0.5) is 0 Å². The smallest absolute Gasteiger partial charge is 0.248 e. The lowest BCUT2D eigenvalue weighted by Crippen LogP contribution is -2.45. The molecular formula is C11H23N3O. The summed E-state index contributed by atoms with van der Waals surface area (Å²) in [4.78, 5) is 13.6. The number of nitrogens with two attached hydrogens (primary N) is 1. The van der Waals surface area contributed by atoms with E-state index in [1.807, 2.05) is 0 Å². The molecule has 0 saturated heterocycles. The van der Waals surface area contributed by atoms with Gasteiger partial charge in [0.25, 0.3) is 0 Å². The molecule has 1 saturated carbocycles. The number of nitrogens with zero attached hydrogens (tertiary/aromatic N) is 1. The Balaban J connectivity index is 2.47. The molecule has 0 aromatic rings. The lowest BCUT2D eigenvalue weighted by atomic mass is 10.1. The van der Waals surface area contributed by atoms with Crippen LogP contribution in [-0.4, -0.2) is 29.9 Å². The third-order valence-electron chi connectivity index (χ3n) is 2.95. The van der Waals surface area contributed by atoms with Crippen LogP contribution in [0.15, 0.2) is 0 Å². The van der Waals surface area contributed by atoms with Gasteiger partial charge in [0.15, 0.2) is 0 Å². The van der Waals surface area contributed by atoms with E-state index in [9.17, 15) is 4.79 Å². The van der Waals surface area contributed by atoms with Crippen molar-refractivity contribution in [1.29, 1.82) is 0 Å². The number of hydrogen-bond donors (Lipinski definition) is 2. The molecule has 4 heteroatoms. The first-order chi connectivity index (χ1) is 7.13. The van der Waals surface area contributed by atoms with Gasteiger partial charge >= 0.3 is 0 Å². The minimum Gasteiger partial charge on any atom is -0.293 e. The standard InChI is InChI=1S/C11H23N3O/c1-9(2)7-14(8-11(15)13-12)10-5-3-4-6-10/h9-10H,3-8,12H2,1-2H3,(H,13,15). The van der Waals surface area contributed by atoms with E-state index in [1.165, 1.54) is 25.7 Å². The number of hydrazine groups is 1. The van der Waals surface area contributed by atoms with E-state index in [0.717, 1.165) is 6.54 Å². The Bertz CT molecular complexity index is 200. The van der Waals surface area contributed by atoms with Gasteiger partial charge in [-0.15, -0.1) is 0 Å². The van der Waals surface area contributed by atoms with Crippen molar-refractivity contribution >= 4 is 5.91 Å². The Morgan fingerprint density at radius 1 is 1.47 bits per heavy atom. The molecule has 1 aliphatic carbocycles. The zero-order chi connectivity index (χ0) is 11.3. The Kier molecular flexibility index (Phi) is 5.05. The topological polar surface area (TPSA) is 58.4 Å². The lowest BCUT2D eigenvalue weighted by molar-refractivity contribution is -0.123. The predicted molar refractivity (Wildman–Crippen MR) is 61.0 cm³/mol. The molecule has 1 amide bonds. The number of amides is 1. The van der Waals surface area contributed by atoms with Crippen molar-refractivity contribution in [2.45, 2.75) is 45.6 Å². The van der Waals surface area contributed by atoms with E-state index in [0.29, 0.717) is 18.5 Å². The molecule has 0 aromatic heterocycles. The van der Waals surface area contributed by atoms with Crippen LogP contribution in [0.2, 0.25) is 0 Å². The Morgan fingerprint density at radius 3 is 2.53 bits per heavy atom. The lowest BCUT2D eigenvalue weighted by Gasteiger charge is -2.29. The van der Waals surface area contributed by atoms with Crippen molar-refractivity contribution < 1.29 is 4.79 Å². The summed E-state index contributed by atoms with van der Waals surface area (Å²) < 4.78 is 0. The molecule has 0 aromatic carbocycles. The Labute approximate surface area is 92.2 Å². The second kappa shape index (κ2) is 6.08. The average molecular weight is 213 g/mol. The van der Waals surface area contributed by atoms with Crippen molar-refractivity contribution in [3.05, 3.63) is 0 Å². The molecule has 88 valence electrons. The van der Waals surface area contributed by atoms with Gasteiger partial charge in [-0.2, -0.15) is 0 Å². The molecule has 4 nitrogen and oxygen atoms in total. The van der Waals surface area contributed by atoms with Crippen LogP contribution in [0, 0.1) is 5.92 Å². The maximum absolute atomic E-state index is 11.3. The largest absolute Gasteiger partial charge is 0.293 e. The number of carbonyl (C=O) groups excluding carboxylic acids is 1. The summed E-state index contributed by atoms with van der Waals surface area (Å²) in [7, 11) is 0. The first-order valence-corrected chi connectivity index (χ1v) is 5.87. The van der Waals surface area contributed by atoms with Gasteiger partial charge in [-0.05, 0) is 18.8 Å². The summed E-state index contributed by atoms with van der Waals surface area (Å²) in [5.74, 6) is 5.64. The molecule has 0 heterocycles. The summed E-state index contributed by atoms with van der Waals surface area (Å²) in [5, 5.41) is 0. The summed E-state index contributed by atoms with van der Waals surface area (Å²) in [6.07, 6.45) is 5.04. The van der Waals surface area contributed by atoms with Crippen LogP contribution in [0.5, 0.6) is 0 Å². The highest BCUT2D eigenvalue weighted by Gasteiger charge is 2.24. The molecule has 0 aliphatic heterocycles. The van der Waals surface area contributed by atoms with Gasteiger partial charge in [-0.1, -0.05) is 26.7 Å². The van der Waals surface area contributed by atoms with Gasteiger partial charge in [0.2, 0.25) is 5.91 Å². The summed E-state index contributed by atoms with van der Waals surface area (Å²) in [5.41, 5.74) is 2.21. The highest BCUT2D eigenvalue weighted by molar-refractivity contribution is 5.77. The average Bonchev–Trinajstić information content (AvgIpc) is 2.68. The van der Waals surface area contributed by atoms with Crippen molar-refractivity contribution in [3.63, 3.8) is 0 Å². The fraction of sp³-hybridized carbons (Fsp3) is 0.909. The van der Waals surface area contributed by atoms with Crippen molar-refractivity contribution in [2.75, 3.05) is 13.1 Å². The Hall–Kier alpha value is -0.610. The summed E-state index contributed by atoms with van der Waals surface area (Å²) in [6, 6.07) is 0.588. The number of nitrogens with one attached hydrogen (secondary N) is 1. The quantitative estimate of drug-likeness (QED) is 0.405. The second-order valence-corrected chi connectivity index (χ2v) is 4.83. The van der Waals surface area contributed by atoms with Crippen LogP contribution in [0.1, 0.15) is 39.5 Å². The zero-order valence-electron chi connectivity index (χ0n) is 9.83. The molecule has 0 spiro atoms. The highest BCUT2D eigenvalue weighted by Crippen LogP contribution is 2.23. The summed E-state index contributed by atoms with van der Waals surface area (Å²) >= 11 is 0. The van der Waals surface area contributed by atoms with E-state index in [4.69, 9.17) is 5.84 Å². The minimum absolute atomic E-state index is 0.0810. The van der Waals surface area contributed by atoms with Gasteiger partial charge in [-0.3, -0.25) is 15.1 Å². The first kappa shape index (κ1) is 12.5. The third-order valence-corrected chi connectivity index (χ3v) is 2.95. The predicted octanol–water partition coefficient (Wildman–Crippen LogP) is 0.877. The van der Waals surface area contributed by atoms with Gasteiger partial charge < -0.3 is 0 Å². The van der Waals surface area contributed by atoms with E-state index in [-0.39, 0.29) is 5.91 Å². The molecule has 0 radical (unpaired) electrons. The zero-order valence-corrected chi connectivity index (χ0v) is 9.83. The van der Waals surface area contributed by atoms with Crippen molar-refractivity contribution in [1.82, 2.24) is 10.3 Å². The van der Waals surface area contributed by atoms with E-state index < -0.39 is 0 Å². The van der Waals surface area contributed by atoms with Gasteiger partial charge in [-0.25, -0.2) is 5.84 Å². The highest BCUT2D eigenvalue weighted by atomic mass is 16.2. The number of hydrogen-bond acceptors (Lipinski definition) is 3.